The first kappa shape index (κ1) is 15.0. The van der Waals surface area contributed by atoms with E-state index in [1.54, 1.807) is 0 Å². The zero-order valence-corrected chi connectivity index (χ0v) is 13.8. The van der Waals surface area contributed by atoms with Crippen LogP contribution in [0.25, 0.3) is 10.1 Å². The highest BCUT2D eigenvalue weighted by Gasteiger charge is 2.32. The molecule has 0 spiro atoms. The molecule has 1 aromatic carbocycles. The standard InChI is InChI=1S/C18H25NOS/c1-3-19-17(11-13-9-14(10-13)20-4-2)16-12-21-18-8-6-5-7-15(16)18/h5-8,12-14,17,19H,3-4,9-11H2,1-2H3. The van der Waals surface area contributed by atoms with Crippen LogP contribution in [0, 0.1) is 5.92 Å². The lowest BCUT2D eigenvalue weighted by atomic mass is 9.77. The minimum atomic E-state index is 0.485. The molecule has 1 aliphatic carbocycles. The minimum absolute atomic E-state index is 0.485. The predicted molar refractivity (Wildman–Crippen MR) is 91.0 cm³/mol. The van der Waals surface area contributed by atoms with Crippen LogP contribution < -0.4 is 5.32 Å². The summed E-state index contributed by atoms with van der Waals surface area (Å²) in [5.41, 5.74) is 1.48. The van der Waals surface area contributed by atoms with Crippen molar-refractivity contribution in [2.24, 2.45) is 5.92 Å². The molecule has 1 heterocycles. The van der Waals surface area contributed by atoms with Crippen LogP contribution >= 0.6 is 11.3 Å². The summed E-state index contributed by atoms with van der Waals surface area (Å²) in [7, 11) is 0. The van der Waals surface area contributed by atoms with Gasteiger partial charge in [0.2, 0.25) is 0 Å². The third-order valence-electron chi connectivity index (χ3n) is 4.50. The van der Waals surface area contributed by atoms with E-state index in [9.17, 15) is 0 Å². The molecule has 0 bridgehead atoms. The lowest BCUT2D eigenvalue weighted by Crippen LogP contribution is -2.34. The van der Waals surface area contributed by atoms with E-state index in [0.717, 1.165) is 19.1 Å². The topological polar surface area (TPSA) is 21.3 Å². The second-order valence-corrected chi connectivity index (χ2v) is 6.86. The average molecular weight is 303 g/mol. The maximum Gasteiger partial charge on any atom is 0.0580 e. The van der Waals surface area contributed by atoms with Gasteiger partial charge in [0, 0.05) is 17.3 Å². The summed E-state index contributed by atoms with van der Waals surface area (Å²) in [4.78, 5) is 0. The van der Waals surface area contributed by atoms with E-state index in [1.807, 2.05) is 11.3 Å². The van der Waals surface area contributed by atoms with Gasteiger partial charge in [0.15, 0.2) is 0 Å². The molecule has 0 aliphatic heterocycles. The van der Waals surface area contributed by atoms with Crippen LogP contribution in [0.2, 0.25) is 0 Å². The Labute approximate surface area is 131 Å². The molecule has 114 valence electrons. The van der Waals surface area contributed by atoms with Crippen LogP contribution in [0.4, 0.5) is 0 Å². The fraction of sp³-hybridized carbons (Fsp3) is 0.556. The summed E-state index contributed by atoms with van der Waals surface area (Å²) in [6, 6.07) is 9.24. The molecule has 0 radical (unpaired) electrons. The number of rotatable bonds is 7. The van der Waals surface area contributed by atoms with Gasteiger partial charge in [-0.15, -0.1) is 11.3 Å². The number of hydrogen-bond acceptors (Lipinski definition) is 3. The molecule has 2 aromatic rings. The van der Waals surface area contributed by atoms with E-state index in [4.69, 9.17) is 4.74 Å². The van der Waals surface area contributed by atoms with Gasteiger partial charge in [-0.25, -0.2) is 0 Å². The number of fused-ring (bicyclic) bond motifs is 1. The Morgan fingerprint density at radius 3 is 2.86 bits per heavy atom. The monoisotopic (exact) mass is 303 g/mol. The Bertz CT molecular complexity index is 573. The molecule has 21 heavy (non-hydrogen) atoms. The van der Waals surface area contributed by atoms with Crippen molar-refractivity contribution < 1.29 is 4.74 Å². The first-order chi connectivity index (χ1) is 10.3. The highest BCUT2D eigenvalue weighted by atomic mass is 32.1. The highest BCUT2D eigenvalue weighted by Crippen LogP contribution is 2.39. The van der Waals surface area contributed by atoms with E-state index in [1.165, 1.54) is 34.9 Å². The Morgan fingerprint density at radius 1 is 1.29 bits per heavy atom. The first-order valence-corrected chi connectivity index (χ1v) is 9.00. The molecule has 3 heteroatoms. The van der Waals surface area contributed by atoms with E-state index in [0.29, 0.717) is 12.1 Å². The molecule has 1 atom stereocenters. The molecule has 1 saturated carbocycles. The van der Waals surface area contributed by atoms with Crippen molar-refractivity contribution in [3.8, 4) is 0 Å². The van der Waals surface area contributed by atoms with Gasteiger partial charge < -0.3 is 10.1 Å². The Balaban J connectivity index is 1.70. The second-order valence-electron chi connectivity index (χ2n) is 5.95. The fourth-order valence-corrected chi connectivity index (χ4v) is 4.42. The molecule has 1 aliphatic rings. The van der Waals surface area contributed by atoms with Crippen LogP contribution in [0.3, 0.4) is 0 Å². The molecule has 0 amide bonds. The quantitative estimate of drug-likeness (QED) is 0.796. The Morgan fingerprint density at radius 2 is 2.10 bits per heavy atom. The third kappa shape index (κ3) is 3.31. The summed E-state index contributed by atoms with van der Waals surface area (Å²) >= 11 is 1.86. The SMILES string of the molecule is CCNC(CC1CC(OCC)C1)c1csc2ccccc12. The molecule has 3 rings (SSSR count). The number of benzene rings is 1. The van der Waals surface area contributed by atoms with Gasteiger partial charge in [-0.2, -0.15) is 0 Å². The van der Waals surface area contributed by atoms with Crippen molar-refractivity contribution in [1.82, 2.24) is 5.32 Å². The molecule has 2 nitrogen and oxygen atoms in total. The van der Waals surface area contributed by atoms with Crippen LogP contribution in [0.15, 0.2) is 29.6 Å². The Kier molecular flexibility index (Phi) is 4.94. The zero-order valence-electron chi connectivity index (χ0n) is 13.0. The van der Waals surface area contributed by atoms with Gasteiger partial charge in [0.1, 0.15) is 0 Å². The van der Waals surface area contributed by atoms with Crippen molar-refractivity contribution in [2.75, 3.05) is 13.2 Å². The normalized spacial score (nSPS) is 23.1. The molecule has 1 unspecified atom stereocenters. The van der Waals surface area contributed by atoms with Crippen molar-refractivity contribution >= 4 is 21.4 Å². The van der Waals surface area contributed by atoms with Gasteiger partial charge >= 0.3 is 0 Å². The first-order valence-electron chi connectivity index (χ1n) is 8.12. The van der Waals surface area contributed by atoms with Gasteiger partial charge in [-0.3, -0.25) is 0 Å². The summed E-state index contributed by atoms with van der Waals surface area (Å²) in [6.07, 6.45) is 4.22. The molecule has 0 saturated heterocycles. The van der Waals surface area contributed by atoms with E-state index in [2.05, 4.69) is 48.8 Å². The fourth-order valence-electron chi connectivity index (χ4n) is 3.41. The molecule has 1 N–H and O–H groups in total. The predicted octanol–water partition coefficient (Wildman–Crippen LogP) is 4.76. The van der Waals surface area contributed by atoms with Gasteiger partial charge in [0.25, 0.3) is 0 Å². The van der Waals surface area contributed by atoms with E-state index < -0.39 is 0 Å². The van der Waals surface area contributed by atoms with E-state index in [-0.39, 0.29) is 0 Å². The maximum atomic E-state index is 5.69. The second kappa shape index (κ2) is 6.91. The van der Waals surface area contributed by atoms with E-state index >= 15 is 0 Å². The summed E-state index contributed by atoms with van der Waals surface area (Å²) < 4.78 is 7.09. The van der Waals surface area contributed by atoms with Gasteiger partial charge in [-0.05, 0) is 61.0 Å². The van der Waals surface area contributed by atoms with Crippen LogP contribution in [-0.2, 0) is 4.74 Å². The molecule has 1 aromatic heterocycles. The molecular formula is C18H25NOS. The number of thiophene rings is 1. The van der Waals surface area contributed by atoms with Crippen LogP contribution in [-0.4, -0.2) is 19.3 Å². The van der Waals surface area contributed by atoms with Crippen molar-refractivity contribution in [3.63, 3.8) is 0 Å². The molecular weight excluding hydrogens is 278 g/mol. The minimum Gasteiger partial charge on any atom is -0.378 e. The number of hydrogen-bond donors (Lipinski definition) is 1. The largest absolute Gasteiger partial charge is 0.378 e. The number of ether oxygens (including phenoxy) is 1. The van der Waals surface area contributed by atoms with Gasteiger partial charge in [-0.1, -0.05) is 25.1 Å². The zero-order chi connectivity index (χ0) is 14.7. The smallest absolute Gasteiger partial charge is 0.0580 e. The Hall–Kier alpha value is -0.900. The maximum absolute atomic E-state index is 5.69. The lowest BCUT2D eigenvalue weighted by Gasteiger charge is -2.37. The lowest BCUT2D eigenvalue weighted by molar-refractivity contribution is -0.0290. The van der Waals surface area contributed by atoms with Gasteiger partial charge in [0.05, 0.1) is 6.10 Å². The summed E-state index contributed by atoms with van der Waals surface area (Å²) in [5.74, 6) is 0.810. The highest BCUT2D eigenvalue weighted by molar-refractivity contribution is 7.17. The summed E-state index contributed by atoms with van der Waals surface area (Å²) in [6.45, 7) is 6.16. The summed E-state index contributed by atoms with van der Waals surface area (Å²) in [5, 5.41) is 7.46. The van der Waals surface area contributed by atoms with Crippen molar-refractivity contribution in [2.45, 2.75) is 45.3 Å². The third-order valence-corrected chi connectivity index (χ3v) is 5.48. The molecule has 1 fully saturated rings. The average Bonchev–Trinajstić information content (AvgIpc) is 2.88. The number of nitrogens with one attached hydrogen (secondary N) is 1. The van der Waals surface area contributed by atoms with Crippen molar-refractivity contribution in [3.05, 3.63) is 35.2 Å². The van der Waals surface area contributed by atoms with Crippen molar-refractivity contribution in [1.29, 1.82) is 0 Å². The van der Waals surface area contributed by atoms with Crippen LogP contribution in [0.5, 0.6) is 0 Å². The van der Waals surface area contributed by atoms with Crippen LogP contribution in [0.1, 0.15) is 44.7 Å².